The summed E-state index contributed by atoms with van der Waals surface area (Å²) in [4.78, 5) is 0. The van der Waals surface area contributed by atoms with Crippen LogP contribution in [0.5, 0.6) is 5.75 Å². The lowest BCUT2D eigenvalue weighted by molar-refractivity contribution is -0.189. The van der Waals surface area contributed by atoms with Gasteiger partial charge in [0.2, 0.25) is 0 Å². The van der Waals surface area contributed by atoms with Crippen molar-refractivity contribution in [3.63, 3.8) is 0 Å². The van der Waals surface area contributed by atoms with Gasteiger partial charge < -0.3 is 10.5 Å². The van der Waals surface area contributed by atoms with Gasteiger partial charge in [-0.05, 0) is 19.1 Å². The molecule has 0 aliphatic rings. The van der Waals surface area contributed by atoms with Crippen molar-refractivity contribution >= 4 is 5.69 Å². The molecule has 1 aromatic rings. The van der Waals surface area contributed by atoms with Crippen LogP contribution in [0.1, 0.15) is 12.5 Å². The molecule has 0 saturated heterocycles. The van der Waals surface area contributed by atoms with Crippen LogP contribution in [0.25, 0.3) is 0 Å². The molecule has 1 atom stereocenters. The number of nitriles is 1. The average molecular weight is 230 g/mol. The fourth-order valence-electron chi connectivity index (χ4n) is 0.963. The van der Waals surface area contributed by atoms with E-state index in [0.717, 1.165) is 6.92 Å². The molecular formula is C10H9F3N2O. The highest BCUT2D eigenvalue weighted by Crippen LogP contribution is 2.29. The zero-order chi connectivity index (χ0) is 12.3. The Morgan fingerprint density at radius 2 is 2.06 bits per heavy atom. The highest BCUT2D eigenvalue weighted by Gasteiger charge is 2.38. The molecular weight excluding hydrogens is 221 g/mol. The summed E-state index contributed by atoms with van der Waals surface area (Å²) in [5.41, 5.74) is 5.69. The summed E-state index contributed by atoms with van der Waals surface area (Å²) in [5.74, 6) is -0.135. The number of hydrogen-bond donors (Lipinski definition) is 1. The Balaban J connectivity index is 2.93. The van der Waals surface area contributed by atoms with Crippen LogP contribution in [0.3, 0.4) is 0 Å². The van der Waals surface area contributed by atoms with Gasteiger partial charge in [0.1, 0.15) is 5.75 Å². The van der Waals surface area contributed by atoms with Crippen molar-refractivity contribution in [3.8, 4) is 11.8 Å². The number of benzene rings is 1. The topological polar surface area (TPSA) is 59.0 Å². The largest absolute Gasteiger partial charge is 0.479 e. The molecule has 3 nitrogen and oxygen atoms in total. The maximum Gasteiger partial charge on any atom is 0.425 e. The van der Waals surface area contributed by atoms with E-state index in [9.17, 15) is 13.2 Å². The van der Waals surface area contributed by atoms with Crippen LogP contribution < -0.4 is 10.5 Å². The maximum absolute atomic E-state index is 12.2. The summed E-state index contributed by atoms with van der Waals surface area (Å²) in [7, 11) is 0. The number of nitrogens with zero attached hydrogens (tertiary/aromatic N) is 1. The van der Waals surface area contributed by atoms with Crippen LogP contribution >= 0.6 is 0 Å². The molecule has 0 fully saturated rings. The molecule has 2 N–H and O–H groups in total. The van der Waals surface area contributed by atoms with E-state index in [-0.39, 0.29) is 17.0 Å². The smallest absolute Gasteiger partial charge is 0.425 e. The van der Waals surface area contributed by atoms with Crippen LogP contribution in [-0.2, 0) is 0 Å². The van der Waals surface area contributed by atoms with Gasteiger partial charge in [-0.15, -0.1) is 0 Å². The van der Waals surface area contributed by atoms with Gasteiger partial charge >= 0.3 is 6.18 Å². The lowest BCUT2D eigenvalue weighted by Gasteiger charge is -2.18. The second-order valence-corrected chi connectivity index (χ2v) is 3.17. The predicted octanol–water partition coefficient (Wildman–Crippen LogP) is 2.47. The first-order chi connectivity index (χ1) is 7.34. The Bertz CT molecular complexity index is 423. The minimum atomic E-state index is -4.46. The van der Waals surface area contributed by atoms with Crippen molar-refractivity contribution in [2.75, 3.05) is 5.73 Å². The van der Waals surface area contributed by atoms with Crippen molar-refractivity contribution < 1.29 is 17.9 Å². The first kappa shape index (κ1) is 12.2. The molecule has 0 amide bonds. The van der Waals surface area contributed by atoms with Crippen molar-refractivity contribution in [1.29, 1.82) is 5.26 Å². The molecule has 6 heteroatoms. The van der Waals surface area contributed by atoms with E-state index in [1.165, 1.54) is 18.2 Å². The molecule has 86 valence electrons. The van der Waals surface area contributed by atoms with Crippen LogP contribution in [0.4, 0.5) is 18.9 Å². The molecule has 0 spiro atoms. The third-order valence-electron chi connectivity index (χ3n) is 1.91. The van der Waals surface area contributed by atoms with E-state index in [0.29, 0.717) is 0 Å². The average Bonchev–Trinajstić information content (AvgIpc) is 2.19. The SMILES string of the molecule is C[C@H](Oc1cc(C#N)ccc1N)C(F)(F)F. The Morgan fingerprint density at radius 3 is 2.56 bits per heavy atom. The van der Waals surface area contributed by atoms with E-state index in [1.807, 2.05) is 0 Å². The van der Waals surface area contributed by atoms with Crippen LogP contribution in [0.2, 0.25) is 0 Å². The summed E-state index contributed by atoms with van der Waals surface area (Å²) in [6, 6.07) is 5.70. The molecule has 1 aromatic carbocycles. The van der Waals surface area contributed by atoms with Crippen molar-refractivity contribution in [1.82, 2.24) is 0 Å². The van der Waals surface area contributed by atoms with Gasteiger partial charge in [0.15, 0.2) is 6.10 Å². The van der Waals surface area contributed by atoms with Gasteiger partial charge in [0.05, 0.1) is 17.3 Å². The fourth-order valence-corrected chi connectivity index (χ4v) is 0.963. The number of anilines is 1. The van der Waals surface area contributed by atoms with Crippen molar-refractivity contribution in [2.24, 2.45) is 0 Å². The molecule has 0 aromatic heterocycles. The number of nitrogens with two attached hydrogens (primary N) is 1. The molecule has 0 heterocycles. The Morgan fingerprint density at radius 1 is 1.44 bits per heavy atom. The first-order valence-corrected chi connectivity index (χ1v) is 4.37. The zero-order valence-electron chi connectivity index (χ0n) is 8.38. The summed E-state index contributed by atoms with van der Waals surface area (Å²) >= 11 is 0. The molecule has 0 aliphatic carbocycles. The summed E-state index contributed by atoms with van der Waals surface area (Å²) < 4.78 is 41.3. The Hall–Kier alpha value is -1.90. The van der Waals surface area contributed by atoms with Gasteiger partial charge in [0, 0.05) is 6.07 Å². The minimum absolute atomic E-state index is 0.0649. The van der Waals surface area contributed by atoms with E-state index in [1.54, 1.807) is 6.07 Å². The van der Waals surface area contributed by atoms with Crippen molar-refractivity contribution in [3.05, 3.63) is 23.8 Å². The van der Waals surface area contributed by atoms with Gasteiger partial charge in [-0.25, -0.2) is 0 Å². The van der Waals surface area contributed by atoms with Crippen LogP contribution in [-0.4, -0.2) is 12.3 Å². The number of nitrogen functional groups attached to an aromatic ring is 1. The van der Waals surface area contributed by atoms with E-state index in [4.69, 9.17) is 11.0 Å². The fraction of sp³-hybridized carbons (Fsp3) is 0.300. The zero-order valence-corrected chi connectivity index (χ0v) is 8.38. The van der Waals surface area contributed by atoms with Crippen LogP contribution in [0, 0.1) is 11.3 Å². The third-order valence-corrected chi connectivity index (χ3v) is 1.91. The normalized spacial score (nSPS) is 12.9. The Kier molecular flexibility index (Phi) is 3.28. The lowest BCUT2D eigenvalue weighted by Crippen LogP contribution is -2.31. The first-order valence-electron chi connectivity index (χ1n) is 4.37. The molecule has 0 radical (unpaired) electrons. The number of rotatable bonds is 2. The number of ether oxygens (including phenoxy) is 1. The number of halogens is 3. The van der Waals surface area contributed by atoms with Gasteiger partial charge in [-0.2, -0.15) is 18.4 Å². The van der Waals surface area contributed by atoms with Gasteiger partial charge in [-0.1, -0.05) is 0 Å². The third kappa shape index (κ3) is 2.79. The monoisotopic (exact) mass is 230 g/mol. The second kappa shape index (κ2) is 4.31. The molecule has 16 heavy (non-hydrogen) atoms. The summed E-state index contributed by atoms with van der Waals surface area (Å²) in [5, 5.41) is 8.58. The summed E-state index contributed by atoms with van der Waals surface area (Å²) in [6.07, 6.45) is -6.43. The quantitative estimate of drug-likeness (QED) is 0.794. The molecule has 1 rings (SSSR count). The summed E-state index contributed by atoms with van der Waals surface area (Å²) in [6.45, 7) is 0.873. The van der Waals surface area contributed by atoms with E-state index >= 15 is 0 Å². The van der Waals surface area contributed by atoms with Gasteiger partial charge in [-0.3, -0.25) is 0 Å². The highest BCUT2D eigenvalue weighted by molar-refractivity contribution is 5.56. The number of hydrogen-bond acceptors (Lipinski definition) is 3. The molecule has 0 saturated carbocycles. The molecule has 0 aliphatic heterocycles. The minimum Gasteiger partial charge on any atom is -0.479 e. The van der Waals surface area contributed by atoms with Crippen molar-refractivity contribution in [2.45, 2.75) is 19.2 Å². The predicted molar refractivity (Wildman–Crippen MR) is 51.7 cm³/mol. The lowest BCUT2D eigenvalue weighted by atomic mass is 10.2. The van der Waals surface area contributed by atoms with Crippen LogP contribution in [0.15, 0.2) is 18.2 Å². The molecule has 0 bridgehead atoms. The standard InChI is InChI=1S/C10H9F3N2O/c1-6(10(11,12)13)16-9-4-7(5-14)2-3-8(9)15/h2-4,6H,15H2,1H3/t6-/m0/s1. The van der Waals surface area contributed by atoms with Gasteiger partial charge in [0.25, 0.3) is 0 Å². The maximum atomic E-state index is 12.2. The number of alkyl halides is 3. The molecule has 0 unspecified atom stereocenters. The van der Waals surface area contributed by atoms with E-state index < -0.39 is 12.3 Å². The van der Waals surface area contributed by atoms with E-state index in [2.05, 4.69) is 4.74 Å². The Labute approximate surface area is 90.2 Å². The highest BCUT2D eigenvalue weighted by atomic mass is 19.4. The second-order valence-electron chi connectivity index (χ2n) is 3.17.